The molecule has 0 aromatic carbocycles. The lowest BCUT2D eigenvalue weighted by Gasteiger charge is -2.18. The van der Waals surface area contributed by atoms with Gasteiger partial charge in [-0.2, -0.15) is 0 Å². The van der Waals surface area contributed by atoms with Crippen molar-refractivity contribution in [2.24, 2.45) is 0 Å². The van der Waals surface area contributed by atoms with Crippen LogP contribution in [0.1, 0.15) is 265 Å². The van der Waals surface area contributed by atoms with Crippen LogP contribution < -0.4 is 0 Å². The summed E-state index contributed by atoms with van der Waals surface area (Å²) in [5.41, 5.74) is 0. The van der Waals surface area contributed by atoms with Crippen LogP contribution in [0.25, 0.3) is 0 Å². The zero-order valence-corrected chi connectivity index (χ0v) is 39.1. The smallest absolute Gasteiger partial charge is 0.306 e. The molecule has 0 rings (SSSR count). The molecule has 58 heavy (non-hydrogen) atoms. The number of hydrogen-bond acceptors (Lipinski definition) is 5. The SMILES string of the molecule is CC/C=C\C/C=C\C/C=C\CCCCCCCCOCC(COC(=O)CCCCCCCCCCCCCCCCCCCCC)OC(=O)CCCCCCCCC. The van der Waals surface area contributed by atoms with Crippen LogP contribution in [0.2, 0.25) is 0 Å². The van der Waals surface area contributed by atoms with Gasteiger partial charge in [0.05, 0.1) is 6.61 Å². The zero-order valence-electron chi connectivity index (χ0n) is 39.1. The Morgan fingerprint density at radius 1 is 0.397 bits per heavy atom. The first-order valence-corrected chi connectivity index (χ1v) is 25.5. The number of carbonyl (C=O) groups excluding carboxylic acids is 2. The first-order chi connectivity index (χ1) is 28.6. The summed E-state index contributed by atoms with van der Waals surface area (Å²) in [6.07, 6.45) is 58.8. The molecule has 0 spiro atoms. The highest BCUT2D eigenvalue weighted by Gasteiger charge is 2.17. The second-order valence-corrected chi connectivity index (χ2v) is 17.1. The third kappa shape index (κ3) is 46.8. The van der Waals surface area contributed by atoms with Crippen LogP contribution >= 0.6 is 0 Å². The maximum atomic E-state index is 12.7. The minimum absolute atomic E-state index is 0.0851. The topological polar surface area (TPSA) is 61.8 Å². The molecule has 0 radical (unpaired) electrons. The maximum Gasteiger partial charge on any atom is 0.306 e. The van der Waals surface area contributed by atoms with Crippen LogP contribution in [0.3, 0.4) is 0 Å². The summed E-state index contributed by atoms with van der Waals surface area (Å²) < 4.78 is 17.3. The summed E-state index contributed by atoms with van der Waals surface area (Å²) >= 11 is 0. The normalized spacial score (nSPS) is 12.4. The van der Waals surface area contributed by atoms with E-state index >= 15 is 0 Å². The van der Waals surface area contributed by atoms with Gasteiger partial charge in [-0.05, 0) is 51.4 Å². The molecule has 0 N–H and O–H groups in total. The summed E-state index contributed by atoms with van der Waals surface area (Å²) in [5.74, 6) is -0.397. The Labute approximate surface area is 361 Å². The van der Waals surface area contributed by atoms with Crippen LogP contribution in [-0.2, 0) is 23.8 Å². The number of allylic oxidation sites excluding steroid dienone is 6. The van der Waals surface area contributed by atoms with Crippen LogP contribution in [-0.4, -0.2) is 37.9 Å². The molecule has 0 saturated carbocycles. The predicted octanol–water partition coefficient (Wildman–Crippen LogP) is 17.0. The van der Waals surface area contributed by atoms with Crippen molar-refractivity contribution in [1.82, 2.24) is 0 Å². The van der Waals surface area contributed by atoms with Crippen LogP contribution in [0.5, 0.6) is 0 Å². The Bertz CT molecular complexity index is 924. The van der Waals surface area contributed by atoms with Gasteiger partial charge in [-0.15, -0.1) is 0 Å². The highest BCUT2D eigenvalue weighted by Crippen LogP contribution is 2.16. The largest absolute Gasteiger partial charge is 0.462 e. The van der Waals surface area contributed by atoms with E-state index in [9.17, 15) is 9.59 Å². The first kappa shape index (κ1) is 56.1. The van der Waals surface area contributed by atoms with E-state index in [1.165, 1.54) is 167 Å². The van der Waals surface area contributed by atoms with Gasteiger partial charge in [-0.1, -0.05) is 237 Å². The van der Waals surface area contributed by atoms with Crippen LogP contribution in [0, 0.1) is 0 Å². The highest BCUT2D eigenvalue weighted by molar-refractivity contribution is 5.70. The maximum absolute atomic E-state index is 12.7. The van der Waals surface area contributed by atoms with E-state index in [1.54, 1.807) is 0 Å². The van der Waals surface area contributed by atoms with Crippen LogP contribution in [0.4, 0.5) is 0 Å². The van der Waals surface area contributed by atoms with E-state index < -0.39 is 6.10 Å². The van der Waals surface area contributed by atoms with E-state index in [0.717, 1.165) is 64.2 Å². The molecule has 0 aliphatic rings. The Balaban J connectivity index is 4.07. The number of carbonyl (C=O) groups is 2. The molecule has 0 aliphatic heterocycles. The Kier molecular flexibility index (Phi) is 47.9. The predicted molar refractivity (Wildman–Crippen MR) is 252 cm³/mol. The van der Waals surface area contributed by atoms with E-state index in [1.807, 2.05) is 0 Å². The van der Waals surface area contributed by atoms with E-state index in [-0.39, 0.29) is 25.2 Å². The number of esters is 2. The first-order valence-electron chi connectivity index (χ1n) is 25.5. The summed E-state index contributed by atoms with van der Waals surface area (Å²) in [6.45, 7) is 7.70. The van der Waals surface area contributed by atoms with Crippen molar-refractivity contribution in [3.63, 3.8) is 0 Å². The second-order valence-electron chi connectivity index (χ2n) is 17.1. The molecule has 0 aromatic rings. The fourth-order valence-corrected chi connectivity index (χ4v) is 7.41. The van der Waals surface area contributed by atoms with Gasteiger partial charge in [-0.3, -0.25) is 9.59 Å². The Morgan fingerprint density at radius 2 is 0.776 bits per heavy atom. The third-order valence-corrected chi connectivity index (χ3v) is 11.2. The van der Waals surface area contributed by atoms with Gasteiger partial charge in [0.15, 0.2) is 6.10 Å². The lowest BCUT2D eigenvalue weighted by molar-refractivity contribution is -0.163. The minimum Gasteiger partial charge on any atom is -0.462 e. The van der Waals surface area contributed by atoms with Crippen molar-refractivity contribution >= 4 is 11.9 Å². The molecular weight excluding hydrogens is 717 g/mol. The fraction of sp³-hybridized carbons (Fsp3) is 0.849. The molecule has 0 saturated heterocycles. The van der Waals surface area contributed by atoms with E-state index in [2.05, 4.69) is 57.2 Å². The summed E-state index contributed by atoms with van der Waals surface area (Å²) in [6, 6.07) is 0. The number of ether oxygens (including phenoxy) is 3. The van der Waals surface area contributed by atoms with Gasteiger partial charge in [0.1, 0.15) is 6.61 Å². The fourth-order valence-electron chi connectivity index (χ4n) is 7.41. The molecule has 1 atom stereocenters. The van der Waals surface area contributed by atoms with Crippen molar-refractivity contribution in [3.05, 3.63) is 36.5 Å². The summed E-state index contributed by atoms with van der Waals surface area (Å²) in [4.78, 5) is 25.2. The van der Waals surface area contributed by atoms with Crippen molar-refractivity contribution in [3.8, 4) is 0 Å². The quantitative estimate of drug-likeness (QED) is 0.0348. The zero-order chi connectivity index (χ0) is 42.1. The molecule has 0 aromatic heterocycles. The Hall–Kier alpha value is -1.88. The molecule has 0 heterocycles. The number of unbranched alkanes of at least 4 members (excludes halogenated alkanes) is 30. The summed E-state index contributed by atoms with van der Waals surface area (Å²) in [5, 5.41) is 0. The van der Waals surface area contributed by atoms with Crippen molar-refractivity contribution in [1.29, 1.82) is 0 Å². The van der Waals surface area contributed by atoms with E-state index in [4.69, 9.17) is 14.2 Å². The standard InChI is InChI=1S/C53H98O5/c1-4-7-10-13-16-18-20-22-24-26-27-28-29-31-33-35-38-40-43-46-52(54)57-50-51(58-53(55)47-44-41-37-15-12-9-6-3)49-56-48-45-42-39-36-34-32-30-25-23-21-19-17-14-11-8-5-2/h8,11,17,19,23,25,51H,4-7,9-10,12-16,18,20-22,24,26-50H2,1-3H3/b11-8-,19-17-,25-23-. The summed E-state index contributed by atoms with van der Waals surface area (Å²) in [7, 11) is 0. The third-order valence-electron chi connectivity index (χ3n) is 11.2. The molecule has 0 fully saturated rings. The highest BCUT2D eigenvalue weighted by atomic mass is 16.6. The van der Waals surface area contributed by atoms with Gasteiger partial charge < -0.3 is 14.2 Å². The second kappa shape index (κ2) is 49.5. The monoisotopic (exact) mass is 815 g/mol. The lowest BCUT2D eigenvalue weighted by Crippen LogP contribution is -2.30. The Morgan fingerprint density at radius 3 is 1.24 bits per heavy atom. The number of hydrogen-bond donors (Lipinski definition) is 0. The molecule has 0 bridgehead atoms. The van der Waals surface area contributed by atoms with Gasteiger partial charge in [0.25, 0.3) is 0 Å². The van der Waals surface area contributed by atoms with Crippen LogP contribution in [0.15, 0.2) is 36.5 Å². The lowest BCUT2D eigenvalue weighted by atomic mass is 10.0. The van der Waals surface area contributed by atoms with Gasteiger partial charge in [0, 0.05) is 19.4 Å². The molecule has 1 unspecified atom stereocenters. The van der Waals surface area contributed by atoms with Gasteiger partial charge in [0.2, 0.25) is 0 Å². The molecule has 0 aliphatic carbocycles. The van der Waals surface area contributed by atoms with Gasteiger partial charge >= 0.3 is 11.9 Å². The minimum atomic E-state index is -0.535. The average molecular weight is 815 g/mol. The molecule has 0 amide bonds. The van der Waals surface area contributed by atoms with Crippen molar-refractivity contribution in [2.45, 2.75) is 271 Å². The molecule has 5 heteroatoms. The van der Waals surface area contributed by atoms with Gasteiger partial charge in [-0.25, -0.2) is 0 Å². The number of rotatable bonds is 47. The molecular formula is C53H98O5. The van der Waals surface area contributed by atoms with Crippen molar-refractivity contribution in [2.75, 3.05) is 19.8 Å². The molecule has 5 nitrogen and oxygen atoms in total. The average Bonchev–Trinajstić information content (AvgIpc) is 3.22. The van der Waals surface area contributed by atoms with Crippen molar-refractivity contribution < 1.29 is 23.8 Å². The van der Waals surface area contributed by atoms with E-state index in [0.29, 0.717) is 19.4 Å². The molecule has 340 valence electrons.